The molecule has 3 unspecified atom stereocenters. The lowest BCUT2D eigenvalue weighted by atomic mass is 9.89. The summed E-state index contributed by atoms with van der Waals surface area (Å²) in [6.45, 7) is 0.795. The molecule has 1 aliphatic carbocycles. The molecule has 3 atom stereocenters. The van der Waals surface area contributed by atoms with Gasteiger partial charge in [0.2, 0.25) is 0 Å². The van der Waals surface area contributed by atoms with Crippen LogP contribution in [0.15, 0.2) is 48.5 Å². The van der Waals surface area contributed by atoms with Gasteiger partial charge in [-0.15, -0.1) is 0 Å². The fourth-order valence-corrected chi connectivity index (χ4v) is 4.28. The average molecular weight is 369 g/mol. The van der Waals surface area contributed by atoms with Crippen LogP contribution in [0.25, 0.3) is 0 Å². The van der Waals surface area contributed by atoms with Crippen LogP contribution in [0.1, 0.15) is 34.8 Å². The highest BCUT2D eigenvalue weighted by atomic mass is 35.5. The van der Waals surface area contributed by atoms with E-state index in [4.69, 9.17) is 11.6 Å². The van der Waals surface area contributed by atoms with Gasteiger partial charge in [0.15, 0.2) is 0 Å². The van der Waals surface area contributed by atoms with Crippen molar-refractivity contribution in [3.63, 3.8) is 0 Å². The van der Waals surface area contributed by atoms with E-state index in [-0.39, 0.29) is 24.0 Å². The zero-order valence-electron chi connectivity index (χ0n) is 14.3. The summed E-state index contributed by atoms with van der Waals surface area (Å²) in [5.41, 5.74) is 9.56. The minimum Gasteiger partial charge on any atom is -0.364 e. The normalized spacial score (nSPS) is 28.0. The molecule has 2 fully saturated rings. The van der Waals surface area contributed by atoms with Crippen molar-refractivity contribution in [1.82, 2.24) is 15.8 Å². The molecule has 0 radical (unpaired) electrons. The summed E-state index contributed by atoms with van der Waals surface area (Å²) in [7, 11) is 0. The van der Waals surface area contributed by atoms with E-state index in [9.17, 15) is 4.79 Å². The Morgan fingerprint density at radius 2 is 1.81 bits per heavy atom. The molecular weight excluding hydrogens is 348 g/mol. The first-order valence-electron chi connectivity index (χ1n) is 9.14. The van der Waals surface area contributed by atoms with Crippen molar-refractivity contribution in [3.8, 4) is 0 Å². The summed E-state index contributed by atoms with van der Waals surface area (Å²) < 4.78 is 0. The van der Waals surface area contributed by atoms with Crippen molar-refractivity contribution < 1.29 is 4.79 Å². The fourth-order valence-electron chi connectivity index (χ4n) is 4.15. The van der Waals surface area contributed by atoms with Crippen LogP contribution < -0.4 is 16.2 Å². The lowest BCUT2D eigenvalue weighted by molar-refractivity contribution is 0.0598. The molecule has 134 valence electrons. The third-order valence-electron chi connectivity index (χ3n) is 5.59. The number of hydrogen-bond acceptors (Lipinski definition) is 4. The number of nitrogens with zero attached hydrogens (tertiary/aromatic N) is 1. The summed E-state index contributed by atoms with van der Waals surface area (Å²) in [5.74, 6) is 0.364. The molecule has 2 heterocycles. The lowest BCUT2D eigenvalue weighted by Crippen LogP contribution is -2.55. The molecule has 3 aliphatic rings. The van der Waals surface area contributed by atoms with Gasteiger partial charge in [-0.25, -0.2) is 5.43 Å². The van der Waals surface area contributed by atoms with Crippen molar-refractivity contribution in [2.75, 3.05) is 11.9 Å². The van der Waals surface area contributed by atoms with Gasteiger partial charge in [-0.05, 0) is 42.7 Å². The number of rotatable bonds is 3. The Kier molecular flexibility index (Phi) is 3.89. The average Bonchev–Trinajstić information content (AvgIpc) is 3.38. The Morgan fingerprint density at radius 3 is 2.58 bits per heavy atom. The highest BCUT2D eigenvalue weighted by molar-refractivity contribution is 6.30. The quantitative estimate of drug-likeness (QED) is 0.779. The van der Waals surface area contributed by atoms with Gasteiger partial charge < -0.3 is 10.2 Å². The molecule has 2 aromatic carbocycles. The second kappa shape index (κ2) is 6.27. The van der Waals surface area contributed by atoms with Crippen molar-refractivity contribution in [2.24, 2.45) is 5.92 Å². The second-order valence-corrected chi connectivity index (χ2v) is 7.73. The van der Waals surface area contributed by atoms with Crippen LogP contribution in [-0.2, 0) is 0 Å². The summed E-state index contributed by atoms with van der Waals surface area (Å²) >= 11 is 6.05. The third-order valence-corrected chi connectivity index (χ3v) is 5.85. The van der Waals surface area contributed by atoms with E-state index in [0.717, 1.165) is 35.7 Å². The molecule has 0 aromatic heterocycles. The molecule has 6 heteroatoms. The van der Waals surface area contributed by atoms with Crippen molar-refractivity contribution in [3.05, 3.63) is 64.7 Å². The fraction of sp³-hybridized carbons (Fsp3) is 0.350. The molecular formula is C20H21ClN4O. The van der Waals surface area contributed by atoms with E-state index in [1.165, 1.54) is 5.56 Å². The molecule has 1 saturated carbocycles. The number of fused-ring (bicyclic) bond motifs is 1. The Hall–Kier alpha value is -2.08. The number of carbonyl (C=O) groups excluding carboxylic acids is 1. The van der Waals surface area contributed by atoms with Crippen molar-refractivity contribution in [2.45, 2.75) is 31.1 Å². The van der Waals surface area contributed by atoms with Gasteiger partial charge >= 0.3 is 0 Å². The Labute approximate surface area is 157 Å². The zero-order valence-corrected chi connectivity index (χ0v) is 15.0. The molecule has 26 heavy (non-hydrogen) atoms. The summed E-state index contributed by atoms with van der Waals surface area (Å²) in [4.78, 5) is 15.3. The van der Waals surface area contributed by atoms with Crippen LogP contribution in [0.5, 0.6) is 0 Å². The van der Waals surface area contributed by atoms with Crippen LogP contribution in [0.3, 0.4) is 0 Å². The molecule has 0 bridgehead atoms. The second-order valence-electron chi connectivity index (χ2n) is 7.30. The number of carbonyl (C=O) groups is 1. The first kappa shape index (κ1) is 16.1. The smallest absolute Gasteiger partial charge is 0.257 e. The van der Waals surface area contributed by atoms with E-state index in [2.05, 4.69) is 33.2 Å². The monoisotopic (exact) mass is 368 g/mol. The number of nitrogens with one attached hydrogen (secondary N) is 3. The predicted octanol–water partition coefficient (Wildman–Crippen LogP) is 3.16. The van der Waals surface area contributed by atoms with Gasteiger partial charge in [-0.2, -0.15) is 0 Å². The van der Waals surface area contributed by atoms with E-state index < -0.39 is 0 Å². The largest absolute Gasteiger partial charge is 0.364 e. The van der Waals surface area contributed by atoms with E-state index in [1.807, 2.05) is 36.4 Å². The van der Waals surface area contributed by atoms with Crippen LogP contribution >= 0.6 is 11.6 Å². The van der Waals surface area contributed by atoms with Crippen LogP contribution in [-0.4, -0.2) is 29.6 Å². The Morgan fingerprint density at radius 1 is 1.04 bits per heavy atom. The maximum atomic E-state index is 13.2. The number of benzene rings is 2. The maximum absolute atomic E-state index is 13.2. The van der Waals surface area contributed by atoms with Gasteiger partial charge in [-0.1, -0.05) is 35.9 Å². The topological polar surface area (TPSA) is 56.4 Å². The number of hydrazine groups is 1. The number of amides is 1. The number of anilines is 1. The van der Waals surface area contributed by atoms with Gasteiger partial charge in [0, 0.05) is 29.2 Å². The number of halogens is 1. The van der Waals surface area contributed by atoms with Crippen LogP contribution in [0, 0.1) is 5.92 Å². The third kappa shape index (κ3) is 2.67. The Bertz CT molecular complexity index is 836. The molecule has 2 aliphatic heterocycles. The van der Waals surface area contributed by atoms with E-state index in [1.54, 1.807) is 0 Å². The van der Waals surface area contributed by atoms with E-state index in [0.29, 0.717) is 6.04 Å². The lowest BCUT2D eigenvalue weighted by Gasteiger charge is -2.42. The van der Waals surface area contributed by atoms with Gasteiger partial charge in [0.05, 0.1) is 11.6 Å². The first-order chi connectivity index (χ1) is 12.7. The van der Waals surface area contributed by atoms with Crippen LogP contribution in [0.2, 0.25) is 5.02 Å². The standard InChI is InChI=1S/C20H21ClN4O/c21-13-7-5-12(6-8-13)18-16(11-22-24-18)19-23-17-4-2-1-3-15(17)20(26)25(19)14-9-10-14/h1-8,14,16,18-19,22-24H,9-11H2. The predicted molar refractivity (Wildman–Crippen MR) is 102 cm³/mol. The van der Waals surface area contributed by atoms with Gasteiger partial charge in [-0.3, -0.25) is 10.2 Å². The van der Waals surface area contributed by atoms with Crippen molar-refractivity contribution >= 4 is 23.2 Å². The van der Waals surface area contributed by atoms with Crippen LogP contribution in [0.4, 0.5) is 5.69 Å². The van der Waals surface area contributed by atoms with Gasteiger partial charge in [0.25, 0.3) is 5.91 Å². The van der Waals surface area contributed by atoms with Gasteiger partial charge in [0.1, 0.15) is 6.17 Å². The Balaban J connectivity index is 1.51. The minimum atomic E-state index is -0.0342. The summed E-state index contributed by atoms with van der Waals surface area (Å²) in [6.07, 6.45) is 2.14. The SMILES string of the molecule is O=C1c2ccccc2NC(C2CNNC2c2ccc(Cl)cc2)N1C1CC1. The maximum Gasteiger partial charge on any atom is 0.257 e. The van der Waals surface area contributed by atoms with E-state index >= 15 is 0 Å². The highest BCUT2D eigenvalue weighted by Gasteiger charge is 2.47. The molecule has 2 aromatic rings. The number of hydrogen-bond donors (Lipinski definition) is 3. The molecule has 5 rings (SSSR count). The molecule has 5 nitrogen and oxygen atoms in total. The molecule has 0 spiro atoms. The zero-order chi connectivity index (χ0) is 17.7. The molecule has 1 saturated heterocycles. The first-order valence-corrected chi connectivity index (χ1v) is 9.52. The molecule has 1 amide bonds. The number of para-hydroxylation sites is 1. The van der Waals surface area contributed by atoms with Crippen molar-refractivity contribution in [1.29, 1.82) is 0 Å². The molecule has 3 N–H and O–H groups in total. The summed E-state index contributed by atoms with van der Waals surface area (Å²) in [5, 5.41) is 4.38. The highest BCUT2D eigenvalue weighted by Crippen LogP contribution is 2.40. The summed E-state index contributed by atoms with van der Waals surface area (Å²) in [6, 6.07) is 16.2. The minimum absolute atomic E-state index is 0.0342.